The third-order valence-electron chi connectivity index (χ3n) is 4.00. The van der Waals surface area contributed by atoms with E-state index in [0.29, 0.717) is 12.1 Å². The van der Waals surface area contributed by atoms with E-state index >= 15 is 0 Å². The molecule has 0 heterocycles. The van der Waals surface area contributed by atoms with E-state index in [0.717, 1.165) is 5.56 Å². The smallest absolute Gasteiger partial charge is 0.315 e. The number of hydrogen-bond acceptors (Lipinski definition) is 3. The zero-order valence-electron chi connectivity index (χ0n) is 14.6. The van der Waals surface area contributed by atoms with Gasteiger partial charge in [-0.15, -0.1) is 0 Å². The van der Waals surface area contributed by atoms with Gasteiger partial charge in [0.25, 0.3) is 0 Å². The highest BCUT2D eigenvalue weighted by atomic mass is 16.3. The van der Waals surface area contributed by atoms with Crippen molar-refractivity contribution in [1.29, 1.82) is 5.26 Å². The molecule has 1 rings (SSSR count). The molecule has 0 aliphatic rings. The van der Waals surface area contributed by atoms with Gasteiger partial charge < -0.3 is 15.7 Å². The van der Waals surface area contributed by atoms with Crippen molar-refractivity contribution in [2.45, 2.75) is 46.8 Å². The predicted octanol–water partition coefficient (Wildman–Crippen LogP) is 2.96. The summed E-state index contributed by atoms with van der Waals surface area (Å²) in [5.74, 6) is 0.127. The lowest BCUT2D eigenvalue weighted by molar-refractivity contribution is 0.0151. The van der Waals surface area contributed by atoms with Gasteiger partial charge in [-0.25, -0.2) is 4.79 Å². The number of amides is 2. The number of nitrogens with one attached hydrogen (secondary N) is 2. The lowest BCUT2D eigenvalue weighted by atomic mass is 9.81. The molecule has 0 fully saturated rings. The van der Waals surface area contributed by atoms with Gasteiger partial charge in [-0.2, -0.15) is 5.26 Å². The van der Waals surface area contributed by atoms with Gasteiger partial charge in [0.05, 0.1) is 23.8 Å². The lowest BCUT2D eigenvalue weighted by Gasteiger charge is -2.33. The zero-order valence-corrected chi connectivity index (χ0v) is 14.6. The molecule has 0 spiro atoms. The highest BCUT2D eigenvalue weighted by Crippen LogP contribution is 2.25. The Hall–Kier alpha value is -2.06. The minimum absolute atomic E-state index is 0.127. The Labute approximate surface area is 138 Å². The Morgan fingerprint density at radius 3 is 2.57 bits per heavy atom. The average molecular weight is 317 g/mol. The maximum absolute atomic E-state index is 12.1. The fourth-order valence-corrected chi connectivity index (χ4v) is 2.52. The van der Waals surface area contributed by atoms with Crippen LogP contribution >= 0.6 is 0 Å². The second-order valence-electron chi connectivity index (χ2n) is 6.96. The second-order valence-corrected chi connectivity index (χ2v) is 6.96. The molecule has 1 aromatic rings. The minimum Gasteiger partial charge on any atom is -0.392 e. The van der Waals surface area contributed by atoms with E-state index < -0.39 is 11.5 Å². The largest absolute Gasteiger partial charge is 0.392 e. The highest BCUT2D eigenvalue weighted by molar-refractivity contribution is 5.74. The number of hydrogen-bond donors (Lipinski definition) is 3. The van der Waals surface area contributed by atoms with Gasteiger partial charge in [0, 0.05) is 12.0 Å². The molecular formula is C18H27N3O2. The normalized spacial score (nSPS) is 14.0. The van der Waals surface area contributed by atoms with Crippen LogP contribution < -0.4 is 10.6 Å². The predicted molar refractivity (Wildman–Crippen MR) is 90.7 cm³/mol. The van der Waals surface area contributed by atoms with E-state index in [9.17, 15) is 9.90 Å². The molecule has 0 saturated heterocycles. The third kappa shape index (κ3) is 5.57. The molecule has 0 saturated carbocycles. The Bertz CT molecular complexity index is 576. The molecular weight excluding hydrogens is 290 g/mol. The van der Waals surface area contributed by atoms with Crippen molar-refractivity contribution in [3.63, 3.8) is 0 Å². The molecule has 0 aromatic heterocycles. The number of urea groups is 1. The molecule has 23 heavy (non-hydrogen) atoms. The minimum atomic E-state index is -0.493. The Morgan fingerprint density at radius 1 is 1.35 bits per heavy atom. The summed E-state index contributed by atoms with van der Waals surface area (Å²) in [4.78, 5) is 12.1. The standard InChI is InChI=1S/C18H27N3O2/c1-12(2)16(22)18(4,5)11-20-17(23)21-13(3)15-8-6-7-14(9-15)10-19/h6-9,12-13,16,22H,11H2,1-5H3,(H2,20,21,23)/t13-,16-/m1/s1. The van der Waals surface area contributed by atoms with E-state index in [1.54, 1.807) is 18.2 Å². The second kappa shape index (κ2) is 7.98. The van der Waals surface area contributed by atoms with Crippen LogP contribution in [0.15, 0.2) is 24.3 Å². The first-order chi connectivity index (χ1) is 10.7. The first-order valence-corrected chi connectivity index (χ1v) is 7.90. The summed E-state index contributed by atoms with van der Waals surface area (Å²) < 4.78 is 0. The van der Waals surface area contributed by atoms with Crippen LogP contribution in [-0.2, 0) is 0 Å². The molecule has 2 atom stereocenters. The van der Waals surface area contributed by atoms with Crippen molar-refractivity contribution < 1.29 is 9.90 Å². The average Bonchev–Trinajstić information content (AvgIpc) is 2.52. The molecule has 0 radical (unpaired) electrons. The fraction of sp³-hybridized carbons (Fsp3) is 0.556. The van der Waals surface area contributed by atoms with Crippen molar-refractivity contribution in [3.05, 3.63) is 35.4 Å². The first-order valence-electron chi connectivity index (χ1n) is 7.90. The highest BCUT2D eigenvalue weighted by Gasteiger charge is 2.30. The number of rotatable bonds is 6. The third-order valence-corrected chi connectivity index (χ3v) is 4.00. The molecule has 3 N–H and O–H groups in total. The fourth-order valence-electron chi connectivity index (χ4n) is 2.52. The zero-order chi connectivity index (χ0) is 17.6. The maximum atomic E-state index is 12.1. The molecule has 0 aliphatic heterocycles. The number of carbonyl (C=O) groups is 1. The summed E-state index contributed by atoms with van der Waals surface area (Å²) >= 11 is 0. The van der Waals surface area contributed by atoms with Gasteiger partial charge in [0.1, 0.15) is 0 Å². The van der Waals surface area contributed by atoms with Crippen LogP contribution in [0.2, 0.25) is 0 Å². The summed E-state index contributed by atoms with van der Waals surface area (Å²) in [5, 5.41) is 24.8. The van der Waals surface area contributed by atoms with E-state index in [1.807, 2.05) is 40.7 Å². The number of aliphatic hydroxyl groups excluding tert-OH is 1. The van der Waals surface area contributed by atoms with Crippen molar-refractivity contribution in [3.8, 4) is 6.07 Å². The van der Waals surface area contributed by atoms with Crippen LogP contribution in [-0.4, -0.2) is 23.8 Å². The van der Waals surface area contributed by atoms with Crippen LogP contribution in [0, 0.1) is 22.7 Å². The molecule has 126 valence electrons. The summed E-state index contributed by atoms with van der Waals surface area (Å²) in [6.45, 7) is 10.0. The number of carbonyl (C=O) groups excluding carboxylic acids is 1. The quantitative estimate of drug-likeness (QED) is 0.754. The van der Waals surface area contributed by atoms with Gasteiger partial charge in [0.2, 0.25) is 0 Å². The van der Waals surface area contributed by atoms with Gasteiger partial charge in [-0.05, 0) is 30.5 Å². The van der Waals surface area contributed by atoms with Crippen molar-refractivity contribution in [1.82, 2.24) is 10.6 Å². The van der Waals surface area contributed by atoms with Crippen LogP contribution in [0.3, 0.4) is 0 Å². The molecule has 0 unspecified atom stereocenters. The van der Waals surface area contributed by atoms with Gasteiger partial charge >= 0.3 is 6.03 Å². The first kappa shape index (κ1) is 19.0. The number of nitriles is 1. The Balaban J connectivity index is 2.58. The van der Waals surface area contributed by atoms with Crippen LogP contribution in [0.5, 0.6) is 0 Å². The van der Waals surface area contributed by atoms with Gasteiger partial charge in [-0.1, -0.05) is 39.8 Å². The van der Waals surface area contributed by atoms with Gasteiger partial charge in [-0.3, -0.25) is 0 Å². The maximum Gasteiger partial charge on any atom is 0.315 e. The molecule has 0 aliphatic carbocycles. The van der Waals surface area contributed by atoms with Crippen molar-refractivity contribution >= 4 is 6.03 Å². The monoisotopic (exact) mass is 317 g/mol. The summed E-state index contributed by atoms with van der Waals surface area (Å²) in [7, 11) is 0. The van der Waals surface area contributed by atoms with E-state index in [4.69, 9.17) is 5.26 Å². The van der Waals surface area contributed by atoms with Gasteiger partial charge in [0.15, 0.2) is 0 Å². The number of benzene rings is 1. The topological polar surface area (TPSA) is 85.2 Å². The summed E-state index contributed by atoms with van der Waals surface area (Å²) in [6.07, 6.45) is -0.493. The molecule has 1 aromatic carbocycles. The molecule has 2 amide bonds. The Kier molecular flexibility index (Phi) is 6.59. The summed E-state index contributed by atoms with van der Waals surface area (Å²) in [5.41, 5.74) is 1.04. The number of nitrogens with zero attached hydrogens (tertiary/aromatic N) is 1. The van der Waals surface area contributed by atoms with Crippen LogP contribution in [0.4, 0.5) is 4.79 Å². The van der Waals surface area contributed by atoms with E-state index in [1.165, 1.54) is 0 Å². The SMILES string of the molecule is CC(C)[C@@H](O)C(C)(C)CNC(=O)N[C@H](C)c1cccc(C#N)c1. The Morgan fingerprint density at radius 2 is 2.00 bits per heavy atom. The summed E-state index contributed by atoms with van der Waals surface area (Å²) in [6, 6.07) is 8.75. The van der Waals surface area contributed by atoms with E-state index in [2.05, 4.69) is 16.7 Å². The number of aliphatic hydroxyl groups is 1. The van der Waals surface area contributed by atoms with Crippen LogP contribution in [0.25, 0.3) is 0 Å². The van der Waals surface area contributed by atoms with Crippen molar-refractivity contribution in [2.75, 3.05) is 6.54 Å². The molecule has 5 heteroatoms. The van der Waals surface area contributed by atoms with Crippen LogP contribution in [0.1, 0.15) is 51.8 Å². The van der Waals surface area contributed by atoms with Crippen molar-refractivity contribution in [2.24, 2.45) is 11.3 Å². The molecule has 0 bridgehead atoms. The van der Waals surface area contributed by atoms with E-state index in [-0.39, 0.29) is 18.0 Å². The lowest BCUT2D eigenvalue weighted by Crippen LogP contribution is -2.46. The molecule has 5 nitrogen and oxygen atoms in total.